The van der Waals surface area contributed by atoms with Crippen LogP contribution < -0.4 is 0 Å². The molecular weight excluding hydrogens is 291 g/mol. The fraction of sp³-hybridized carbons (Fsp3) is 0.200. The van der Waals surface area contributed by atoms with Gasteiger partial charge in [0.05, 0.1) is 19.1 Å². The average Bonchev–Trinajstić information content (AvgIpc) is 2.89. The van der Waals surface area contributed by atoms with E-state index < -0.39 is 5.97 Å². The molecule has 1 aromatic heterocycles. The molecule has 0 fully saturated rings. The molecule has 0 saturated carbocycles. The molecular formula is C15H15FN2O2S. The molecule has 4 nitrogen and oxygen atoms in total. The van der Waals surface area contributed by atoms with Crippen LogP contribution in [0.1, 0.15) is 9.67 Å². The molecule has 0 radical (unpaired) electrons. The van der Waals surface area contributed by atoms with Crippen LogP contribution in [0.2, 0.25) is 0 Å². The van der Waals surface area contributed by atoms with E-state index >= 15 is 0 Å². The Bertz CT molecular complexity index is 663. The van der Waals surface area contributed by atoms with Gasteiger partial charge in [0.1, 0.15) is 10.7 Å². The molecule has 0 unspecified atom stereocenters. The smallest absolute Gasteiger partial charge is 0.350 e. The maximum atomic E-state index is 13.0. The highest BCUT2D eigenvalue weighted by molar-refractivity contribution is 7.13. The first-order valence-electron chi connectivity index (χ1n) is 6.19. The highest BCUT2D eigenvalue weighted by Crippen LogP contribution is 2.38. The summed E-state index contributed by atoms with van der Waals surface area (Å²) in [6.45, 7) is 0. The van der Waals surface area contributed by atoms with Crippen LogP contribution in [0.25, 0.3) is 11.1 Å². The summed E-state index contributed by atoms with van der Waals surface area (Å²) in [5, 5.41) is 1.82. The number of aliphatic imine (C=N–C) groups is 1. The van der Waals surface area contributed by atoms with Crippen molar-refractivity contribution in [3.05, 3.63) is 40.3 Å². The van der Waals surface area contributed by atoms with Gasteiger partial charge in [0.15, 0.2) is 0 Å². The van der Waals surface area contributed by atoms with Crippen molar-refractivity contribution in [1.29, 1.82) is 0 Å². The van der Waals surface area contributed by atoms with Gasteiger partial charge in [-0.3, -0.25) is 0 Å². The third-order valence-electron chi connectivity index (χ3n) is 2.71. The molecule has 0 aliphatic carbocycles. The standard InChI is InChI=1S/C15H15FN2O2S/c1-18(2)9-17-13-12(8-21-14(13)15(19)20-3)10-4-6-11(16)7-5-10/h4-9H,1-3H3. The van der Waals surface area contributed by atoms with Crippen LogP contribution >= 0.6 is 11.3 Å². The Labute approximate surface area is 126 Å². The molecule has 21 heavy (non-hydrogen) atoms. The Morgan fingerprint density at radius 3 is 2.57 bits per heavy atom. The summed E-state index contributed by atoms with van der Waals surface area (Å²) in [7, 11) is 5.01. The van der Waals surface area contributed by atoms with E-state index in [9.17, 15) is 9.18 Å². The third kappa shape index (κ3) is 3.46. The quantitative estimate of drug-likeness (QED) is 0.493. The first kappa shape index (κ1) is 15.2. The van der Waals surface area contributed by atoms with Crippen molar-refractivity contribution in [3.63, 3.8) is 0 Å². The summed E-state index contributed by atoms with van der Waals surface area (Å²) in [6, 6.07) is 6.08. The van der Waals surface area contributed by atoms with Gasteiger partial charge >= 0.3 is 5.97 Å². The number of hydrogen-bond acceptors (Lipinski definition) is 4. The number of nitrogens with zero attached hydrogens (tertiary/aromatic N) is 2. The van der Waals surface area contributed by atoms with Crippen molar-refractivity contribution >= 4 is 29.3 Å². The van der Waals surface area contributed by atoms with E-state index in [0.29, 0.717) is 10.6 Å². The lowest BCUT2D eigenvalue weighted by atomic mass is 10.1. The zero-order valence-electron chi connectivity index (χ0n) is 12.0. The second-order valence-corrected chi connectivity index (χ2v) is 5.41. The Kier molecular flexibility index (Phi) is 4.70. The minimum absolute atomic E-state index is 0.305. The lowest BCUT2D eigenvalue weighted by Gasteiger charge is -2.05. The van der Waals surface area contributed by atoms with Crippen LogP contribution in [0, 0.1) is 5.82 Å². The molecule has 2 rings (SSSR count). The molecule has 0 amide bonds. The van der Waals surface area contributed by atoms with E-state index in [2.05, 4.69) is 4.99 Å². The van der Waals surface area contributed by atoms with Crippen LogP contribution in [-0.2, 0) is 4.74 Å². The Morgan fingerprint density at radius 2 is 2.00 bits per heavy atom. The van der Waals surface area contributed by atoms with Crippen LogP contribution in [-0.4, -0.2) is 38.4 Å². The number of carbonyl (C=O) groups excluding carboxylic acids is 1. The maximum Gasteiger partial charge on any atom is 0.350 e. The lowest BCUT2D eigenvalue weighted by molar-refractivity contribution is 0.0607. The molecule has 0 aliphatic heterocycles. The molecule has 0 saturated heterocycles. The maximum absolute atomic E-state index is 13.0. The van der Waals surface area contributed by atoms with E-state index in [1.54, 1.807) is 23.4 Å². The second kappa shape index (κ2) is 6.49. The van der Waals surface area contributed by atoms with Gasteiger partial charge in [-0.2, -0.15) is 0 Å². The van der Waals surface area contributed by atoms with Crippen LogP contribution in [0.5, 0.6) is 0 Å². The van der Waals surface area contributed by atoms with E-state index in [1.165, 1.54) is 30.6 Å². The molecule has 0 atom stereocenters. The van der Waals surface area contributed by atoms with Crippen LogP contribution in [0.4, 0.5) is 10.1 Å². The van der Waals surface area contributed by atoms with Gasteiger partial charge in [-0.05, 0) is 17.7 Å². The Morgan fingerprint density at radius 1 is 1.33 bits per heavy atom. The molecule has 6 heteroatoms. The van der Waals surface area contributed by atoms with Gasteiger partial charge in [0.2, 0.25) is 0 Å². The molecule has 2 aromatic rings. The number of hydrogen-bond donors (Lipinski definition) is 0. The van der Waals surface area contributed by atoms with Crippen molar-refractivity contribution in [3.8, 4) is 11.1 Å². The summed E-state index contributed by atoms with van der Waals surface area (Å²) < 4.78 is 17.8. The fourth-order valence-corrected chi connectivity index (χ4v) is 2.66. The number of rotatable bonds is 4. The predicted molar refractivity (Wildman–Crippen MR) is 82.9 cm³/mol. The van der Waals surface area contributed by atoms with Crippen molar-refractivity contribution in [2.24, 2.45) is 4.99 Å². The van der Waals surface area contributed by atoms with Crippen LogP contribution in [0.3, 0.4) is 0 Å². The lowest BCUT2D eigenvalue weighted by Crippen LogP contribution is -2.07. The van der Waals surface area contributed by atoms with E-state index in [-0.39, 0.29) is 5.82 Å². The number of carbonyl (C=O) groups is 1. The minimum atomic E-state index is -0.431. The SMILES string of the molecule is COC(=O)c1scc(-c2ccc(F)cc2)c1N=CN(C)C. The van der Waals surface area contributed by atoms with Gasteiger partial charge < -0.3 is 9.64 Å². The first-order chi connectivity index (χ1) is 10.0. The van der Waals surface area contributed by atoms with Crippen molar-refractivity contribution in [2.75, 3.05) is 21.2 Å². The molecule has 110 valence electrons. The molecule has 1 heterocycles. The average molecular weight is 306 g/mol. The predicted octanol–water partition coefficient (Wildman–Crippen LogP) is 3.56. The number of esters is 1. The number of ether oxygens (including phenoxy) is 1. The molecule has 0 spiro atoms. The second-order valence-electron chi connectivity index (χ2n) is 4.53. The summed E-state index contributed by atoms with van der Waals surface area (Å²) in [6.07, 6.45) is 1.61. The first-order valence-corrected chi connectivity index (χ1v) is 7.07. The zero-order chi connectivity index (χ0) is 15.4. The van der Waals surface area contributed by atoms with E-state index in [4.69, 9.17) is 4.74 Å². The van der Waals surface area contributed by atoms with Gasteiger partial charge in [0.25, 0.3) is 0 Å². The zero-order valence-corrected chi connectivity index (χ0v) is 12.8. The highest BCUT2D eigenvalue weighted by atomic mass is 32.1. The summed E-state index contributed by atoms with van der Waals surface area (Å²) >= 11 is 1.26. The minimum Gasteiger partial charge on any atom is -0.465 e. The summed E-state index contributed by atoms with van der Waals surface area (Å²) in [4.78, 5) is 18.4. The molecule has 0 aliphatic rings. The van der Waals surface area contributed by atoms with Gasteiger partial charge in [-0.25, -0.2) is 14.2 Å². The number of halogens is 1. The number of thiophene rings is 1. The molecule has 1 aromatic carbocycles. The van der Waals surface area contributed by atoms with E-state index in [1.807, 2.05) is 19.5 Å². The molecule has 0 bridgehead atoms. The largest absolute Gasteiger partial charge is 0.465 e. The van der Waals surface area contributed by atoms with Crippen molar-refractivity contribution in [2.45, 2.75) is 0 Å². The molecule has 0 N–H and O–H groups in total. The van der Waals surface area contributed by atoms with Gasteiger partial charge in [-0.15, -0.1) is 11.3 Å². The summed E-state index contributed by atoms with van der Waals surface area (Å²) in [5.41, 5.74) is 2.11. The third-order valence-corrected chi connectivity index (χ3v) is 3.66. The van der Waals surface area contributed by atoms with Crippen LogP contribution in [0.15, 0.2) is 34.6 Å². The Hall–Kier alpha value is -2.21. The highest BCUT2D eigenvalue weighted by Gasteiger charge is 2.19. The number of methoxy groups -OCH3 is 1. The van der Waals surface area contributed by atoms with Gasteiger partial charge in [0, 0.05) is 25.0 Å². The number of benzene rings is 1. The fourth-order valence-electron chi connectivity index (χ4n) is 1.72. The Balaban J connectivity index is 2.52. The van der Waals surface area contributed by atoms with Crippen molar-refractivity contribution < 1.29 is 13.9 Å². The topological polar surface area (TPSA) is 41.9 Å². The van der Waals surface area contributed by atoms with Crippen molar-refractivity contribution in [1.82, 2.24) is 4.90 Å². The van der Waals surface area contributed by atoms with Gasteiger partial charge in [-0.1, -0.05) is 12.1 Å². The van der Waals surface area contributed by atoms with E-state index in [0.717, 1.165) is 11.1 Å². The summed E-state index contributed by atoms with van der Waals surface area (Å²) in [5.74, 6) is -0.736. The monoisotopic (exact) mass is 306 g/mol. The normalized spacial score (nSPS) is 10.9.